The van der Waals surface area contributed by atoms with E-state index < -0.39 is 0 Å². The molecule has 19 heavy (non-hydrogen) atoms. The van der Waals surface area contributed by atoms with Crippen molar-refractivity contribution in [2.75, 3.05) is 0 Å². The van der Waals surface area contributed by atoms with Gasteiger partial charge in [-0.15, -0.1) is 11.3 Å². The Morgan fingerprint density at radius 2 is 2.11 bits per heavy atom. The Morgan fingerprint density at radius 1 is 1.26 bits per heavy atom. The van der Waals surface area contributed by atoms with E-state index in [2.05, 4.69) is 46.3 Å². The van der Waals surface area contributed by atoms with Crippen molar-refractivity contribution in [2.24, 2.45) is 5.73 Å². The lowest BCUT2D eigenvalue weighted by Crippen LogP contribution is -2.32. The molecule has 98 valence electrons. The Bertz CT molecular complexity index is 657. The molecule has 2 heterocycles. The summed E-state index contributed by atoms with van der Waals surface area (Å²) in [5, 5.41) is 7.82. The third-order valence-corrected chi connectivity index (χ3v) is 4.42. The summed E-state index contributed by atoms with van der Waals surface area (Å²) in [5.41, 5.74) is 7.48. The van der Waals surface area contributed by atoms with Crippen molar-refractivity contribution in [3.05, 3.63) is 52.9 Å². The number of rotatable bonds is 4. The zero-order chi connectivity index (χ0) is 13.2. The molecular formula is C15H17N3S. The number of hydrogen-bond donors (Lipinski definition) is 1. The first kappa shape index (κ1) is 12.4. The van der Waals surface area contributed by atoms with Gasteiger partial charge in [0.05, 0.1) is 11.7 Å². The van der Waals surface area contributed by atoms with E-state index in [1.165, 1.54) is 4.88 Å². The van der Waals surface area contributed by atoms with E-state index in [9.17, 15) is 0 Å². The van der Waals surface area contributed by atoms with E-state index in [4.69, 9.17) is 5.73 Å². The molecule has 4 heteroatoms. The number of aromatic nitrogens is 2. The van der Waals surface area contributed by atoms with Crippen molar-refractivity contribution in [1.82, 2.24) is 9.78 Å². The lowest BCUT2D eigenvalue weighted by Gasteiger charge is -2.23. The number of nitrogens with two attached hydrogens (primary N) is 1. The highest BCUT2D eigenvalue weighted by molar-refractivity contribution is 7.10. The normalized spacial score (nSPS) is 14.6. The van der Waals surface area contributed by atoms with Crippen LogP contribution in [0.25, 0.3) is 10.9 Å². The van der Waals surface area contributed by atoms with E-state index in [1.54, 1.807) is 11.3 Å². The maximum atomic E-state index is 6.34. The fourth-order valence-electron chi connectivity index (χ4n) is 2.41. The van der Waals surface area contributed by atoms with Gasteiger partial charge in [0, 0.05) is 16.3 Å². The van der Waals surface area contributed by atoms with Gasteiger partial charge in [-0.05, 0) is 23.9 Å². The van der Waals surface area contributed by atoms with Crippen LogP contribution in [0.15, 0.2) is 48.0 Å². The smallest absolute Gasteiger partial charge is 0.102 e. The van der Waals surface area contributed by atoms with Gasteiger partial charge in [0.25, 0.3) is 0 Å². The van der Waals surface area contributed by atoms with Crippen LogP contribution in [0.3, 0.4) is 0 Å². The molecule has 0 aliphatic rings. The van der Waals surface area contributed by atoms with Crippen LogP contribution in [-0.4, -0.2) is 15.8 Å². The van der Waals surface area contributed by atoms with Crippen LogP contribution < -0.4 is 5.73 Å². The lowest BCUT2D eigenvalue weighted by atomic mass is 10.0. The molecule has 2 atom stereocenters. The van der Waals surface area contributed by atoms with Crippen LogP contribution in [0.5, 0.6) is 0 Å². The van der Waals surface area contributed by atoms with Crippen molar-refractivity contribution < 1.29 is 0 Å². The predicted molar refractivity (Wildman–Crippen MR) is 80.5 cm³/mol. The predicted octanol–water partition coefficient (Wildman–Crippen LogP) is 3.42. The standard InChI is InChI=1S/C15H17N3S/c1-2-12(16)15(14-8-5-9-19-14)18-13-7-4-3-6-11(13)10-17-18/h3-10,12,15H,2,16H2,1H3. The number of para-hydroxylation sites is 1. The van der Waals surface area contributed by atoms with Crippen LogP contribution in [0.4, 0.5) is 0 Å². The third-order valence-electron chi connectivity index (χ3n) is 3.48. The first-order valence-electron chi connectivity index (χ1n) is 6.52. The van der Waals surface area contributed by atoms with Gasteiger partial charge in [-0.3, -0.25) is 4.68 Å². The number of nitrogens with zero attached hydrogens (tertiary/aromatic N) is 2. The van der Waals surface area contributed by atoms with Crippen molar-refractivity contribution in [3.63, 3.8) is 0 Å². The van der Waals surface area contributed by atoms with Crippen molar-refractivity contribution in [1.29, 1.82) is 0 Å². The summed E-state index contributed by atoms with van der Waals surface area (Å²) in [7, 11) is 0. The number of benzene rings is 1. The average Bonchev–Trinajstić information content (AvgIpc) is 3.09. The Labute approximate surface area is 116 Å². The van der Waals surface area contributed by atoms with Crippen LogP contribution in [-0.2, 0) is 0 Å². The maximum absolute atomic E-state index is 6.34. The van der Waals surface area contributed by atoms with E-state index >= 15 is 0 Å². The summed E-state index contributed by atoms with van der Waals surface area (Å²) in [6, 6.07) is 12.7. The van der Waals surface area contributed by atoms with Gasteiger partial charge in [-0.2, -0.15) is 5.10 Å². The van der Waals surface area contributed by atoms with Gasteiger partial charge in [-0.25, -0.2) is 0 Å². The van der Waals surface area contributed by atoms with E-state index in [-0.39, 0.29) is 12.1 Å². The fraction of sp³-hybridized carbons (Fsp3) is 0.267. The summed E-state index contributed by atoms with van der Waals surface area (Å²) in [6.45, 7) is 2.12. The summed E-state index contributed by atoms with van der Waals surface area (Å²) < 4.78 is 2.06. The zero-order valence-corrected chi connectivity index (χ0v) is 11.7. The Morgan fingerprint density at radius 3 is 2.84 bits per heavy atom. The highest BCUT2D eigenvalue weighted by Crippen LogP contribution is 2.29. The molecule has 2 unspecified atom stereocenters. The Balaban J connectivity index is 2.14. The van der Waals surface area contributed by atoms with E-state index in [0.717, 1.165) is 17.3 Å². The fourth-order valence-corrected chi connectivity index (χ4v) is 3.29. The molecule has 0 radical (unpaired) electrons. The van der Waals surface area contributed by atoms with Gasteiger partial charge < -0.3 is 5.73 Å². The van der Waals surface area contributed by atoms with E-state index in [1.807, 2.05) is 18.3 Å². The molecular weight excluding hydrogens is 254 g/mol. The highest BCUT2D eigenvalue weighted by Gasteiger charge is 2.23. The second kappa shape index (κ2) is 5.15. The molecule has 0 fully saturated rings. The molecule has 0 aliphatic carbocycles. The topological polar surface area (TPSA) is 43.8 Å². The second-order valence-electron chi connectivity index (χ2n) is 4.68. The largest absolute Gasteiger partial charge is 0.326 e. The van der Waals surface area contributed by atoms with Gasteiger partial charge in [0.2, 0.25) is 0 Å². The zero-order valence-electron chi connectivity index (χ0n) is 10.9. The molecule has 0 saturated carbocycles. The molecule has 3 nitrogen and oxygen atoms in total. The second-order valence-corrected chi connectivity index (χ2v) is 5.66. The molecule has 2 N–H and O–H groups in total. The SMILES string of the molecule is CCC(N)C(c1cccs1)n1ncc2ccccc21. The summed E-state index contributed by atoms with van der Waals surface area (Å²) >= 11 is 1.74. The van der Waals surface area contributed by atoms with Crippen LogP contribution in [0, 0.1) is 0 Å². The van der Waals surface area contributed by atoms with Crippen molar-refractivity contribution in [2.45, 2.75) is 25.4 Å². The summed E-state index contributed by atoms with van der Waals surface area (Å²) in [6.07, 6.45) is 2.84. The minimum Gasteiger partial charge on any atom is -0.326 e. The third kappa shape index (κ3) is 2.17. The number of hydrogen-bond acceptors (Lipinski definition) is 3. The monoisotopic (exact) mass is 271 g/mol. The molecule has 3 aromatic rings. The minimum atomic E-state index is 0.0713. The van der Waals surface area contributed by atoms with Crippen molar-refractivity contribution in [3.8, 4) is 0 Å². The van der Waals surface area contributed by atoms with Crippen LogP contribution in [0.1, 0.15) is 24.3 Å². The molecule has 2 aromatic heterocycles. The molecule has 0 bridgehead atoms. The quantitative estimate of drug-likeness (QED) is 0.790. The van der Waals surface area contributed by atoms with Crippen LogP contribution in [0.2, 0.25) is 0 Å². The molecule has 1 aromatic carbocycles. The molecule has 0 spiro atoms. The lowest BCUT2D eigenvalue weighted by molar-refractivity contribution is 0.440. The van der Waals surface area contributed by atoms with Gasteiger partial charge >= 0.3 is 0 Å². The summed E-state index contributed by atoms with van der Waals surface area (Å²) in [4.78, 5) is 1.27. The Hall–Kier alpha value is -1.65. The number of thiophene rings is 1. The Kier molecular flexibility index (Phi) is 3.36. The maximum Gasteiger partial charge on any atom is 0.102 e. The van der Waals surface area contributed by atoms with Crippen molar-refractivity contribution >= 4 is 22.2 Å². The van der Waals surface area contributed by atoms with Crippen LogP contribution >= 0.6 is 11.3 Å². The molecule has 0 aliphatic heterocycles. The summed E-state index contributed by atoms with van der Waals surface area (Å²) in [5.74, 6) is 0. The first-order valence-corrected chi connectivity index (χ1v) is 7.40. The van der Waals surface area contributed by atoms with Gasteiger partial charge in [0.15, 0.2) is 0 Å². The van der Waals surface area contributed by atoms with E-state index in [0.29, 0.717) is 0 Å². The highest BCUT2D eigenvalue weighted by atomic mass is 32.1. The van der Waals surface area contributed by atoms with Gasteiger partial charge in [0.1, 0.15) is 6.04 Å². The molecule has 0 amide bonds. The average molecular weight is 271 g/mol. The minimum absolute atomic E-state index is 0.0713. The molecule has 0 saturated heterocycles. The van der Waals surface area contributed by atoms with Gasteiger partial charge in [-0.1, -0.05) is 31.2 Å². The first-order chi connectivity index (χ1) is 9.31. The molecule has 3 rings (SSSR count). The number of fused-ring (bicyclic) bond motifs is 1.